The number of nitrogens with zero attached hydrogens (tertiary/aromatic N) is 2. The van der Waals surface area contributed by atoms with Crippen molar-refractivity contribution in [3.8, 4) is 17.1 Å². The van der Waals surface area contributed by atoms with Crippen LogP contribution in [0, 0.1) is 12.1 Å². The van der Waals surface area contributed by atoms with Crippen LogP contribution in [-0.2, 0) is 18.6 Å². The van der Waals surface area contributed by atoms with Crippen molar-refractivity contribution in [3.63, 3.8) is 0 Å². The zero-order valence-corrected chi connectivity index (χ0v) is 12.6. The molecule has 0 aliphatic rings. The van der Waals surface area contributed by atoms with Gasteiger partial charge in [-0.05, 0) is 11.6 Å². The van der Waals surface area contributed by atoms with E-state index in [1.807, 2.05) is 32.0 Å². The molecule has 0 fully saturated rings. The Morgan fingerprint density at radius 1 is 1.22 bits per heavy atom. The van der Waals surface area contributed by atoms with Crippen molar-refractivity contribution in [3.05, 3.63) is 41.7 Å². The first-order valence-electron chi connectivity index (χ1n) is 5.27. The van der Waals surface area contributed by atoms with Gasteiger partial charge >= 0.3 is 18.6 Å². The fourth-order valence-electron chi connectivity index (χ4n) is 1.12. The van der Waals surface area contributed by atoms with Crippen LogP contribution in [0.4, 0.5) is 0 Å². The van der Waals surface area contributed by atoms with Crippen molar-refractivity contribution in [2.24, 2.45) is 0 Å². The van der Waals surface area contributed by atoms with Gasteiger partial charge in [-0.3, -0.25) is 5.56 Å². The van der Waals surface area contributed by atoms with Crippen LogP contribution in [0.3, 0.4) is 0 Å². The summed E-state index contributed by atoms with van der Waals surface area (Å²) in [4.78, 5) is 7.88. The van der Waals surface area contributed by atoms with Gasteiger partial charge in [0.05, 0.1) is 7.11 Å². The average molecular weight is 300 g/mol. The van der Waals surface area contributed by atoms with Gasteiger partial charge in [0.25, 0.3) is 0 Å². The van der Waals surface area contributed by atoms with E-state index in [2.05, 4.69) is 22.1 Å². The fraction of sp³-hybridized carbons (Fsp3) is 0.231. The van der Waals surface area contributed by atoms with Crippen LogP contribution >= 0.6 is 11.6 Å². The molecule has 0 saturated heterocycles. The Balaban J connectivity index is 0.000000917. The smallest absolute Gasteiger partial charge is 0.498 e. The molecule has 1 aromatic carbocycles. The number of halogens is 1. The minimum absolute atomic E-state index is 0. The molecule has 93 valence electrons. The van der Waals surface area contributed by atoms with Crippen molar-refractivity contribution in [1.82, 2.24) is 9.97 Å². The van der Waals surface area contributed by atoms with E-state index >= 15 is 0 Å². The van der Waals surface area contributed by atoms with Gasteiger partial charge in [-0.15, -0.1) is 6.07 Å². The van der Waals surface area contributed by atoms with E-state index in [0.29, 0.717) is 11.6 Å². The van der Waals surface area contributed by atoms with Crippen molar-refractivity contribution in [2.45, 2.75) is 13.8 Å². The van der Waals surface area contributed by atoms with Gasteiger partial charge in [0, 0.05) is 0 Å². The number of rotatable bonds is 2. The molecular weight excluding hydrogens is 287 g/mol. The van der Waals surface area contributed by atoms with Crippen LogP contribution in [-0.4, -0.2) is 17.1 Å². The van der Waals surface area contributed by atoms with Gasteiger partial charge < -0.3 is 9.72 Å². The van der Waals surface area contributed by atoms with Crippen LogP contribution in [0.15, 0.2) is 24.3 Å². The topological polar surface area (TPSA) is 35.0 Å². The Labute approximate surface area is 124 Å². The molecule has 1 heterocycles. The molecule has 0 aliphatic heterocycles. The Bertz CT molecular complexity index is 466. The van der Waals surface area contributed by atoms with E-state index in [0.717, 1.165) is 5.56 Å². The van der Waals surface area contributed by atoms with Gasteiger partial charge in [-0.25, -0.2) is 23.2 Å². The normalized spacial score (nSPS) is 8.67. The molecule has 0 spiro atoms. The standard InChI is InChI=1S/C11H7ClN2O.C2H6.V/c1-15-10-7-9(13-11(12)14-10)8-5-3-2-4-6-8;1-2;/h2-5H,1H3;1-2H3;/q-2;;+2. The first-order valence-corrected chi connectivity index (χ1v) is 5.65. The molecule has 0 saturated carbocycles. The fourth-order valence-corrected chi connectivity index (χ4v) is 1.28. The van der Waals surface area contributed by atoms with Gasteiger partial charge in [-0.1, -0.05) is 13.8 Å². The van der Waals surface area contributed by atoms with Crippen LogP contribution in [0.5, 0.6) is 5.88 Å². The number of hydrogen-bond donors (Lipinski definition) is 0. The van der Waals surface area contributed by atoms with E-state index in [9.17, 15) is 0 Å². The maximum Gasteiger partial charge on any atom is 2.00 e. The van der Waals surface area contributed by atoms with Crippen LogP contribution in [0.25, 0.3) is 11.3 Å². The number of methoxy groups -OCH3 is 1. The Hall–Kier alpha value is -1.03. The second kappa shape index (κ2) is 8.98. The quantitative estimate of drug-likeness (QED) is 0.629. The second-order valence-corrected chi connectivity index (χ2v) is 3.09. The molecule has 0 unspecified atom stereocenters. The maximum absolute atomic E-state index is 5.74. The summed E-state index contributed by atoms with van der Waals surface area (Å²) in [6.45, 7) is 4.00. The van der Waals surface area contributed by atoms with E-state index < -0.39 is 0 Å². The molecule has 0 bridgehead atoms. The average Bonchev–Trinajstić information content (AvgIpc) is 2.41. The summed E-state index contributed by atoms with van der Waals surface area (Å²) in [5.74, 6) is 0.322. The molecule has 0 amide bonds. The summed E-state index contributed by atoms with van der Waals surface area (Å²) in [7, 11) is 1.51. The van der Waals surface area contributed by atoms with E-state index in [4.69, 9.17) is 16.3 Å². The molecule has 1 radical (unpaired) electrons. The summed E-state index contributed by atoms with van der Waals surface area (Å²) < 4.78 is 4.95. The minimum Gasteiger partial charge on any atom is -0.498 e. The third kappa shape index (κ3) is 4.69. The predicted molar refractivity (Wildman–Crippen MR) is 68.1 cm³/mol. The molecule has 1 aromatic heterocycles. The molecule has 3 nitrogen and oxygen atoms in total. The molecule has 2 rings (SSSR count). The SMILES string of the molecule is CC.COc1[c-]c(-c2[c-]cccc2)nc(Cl)n1.[V+2]. The summed E-state index contributed by atoms with van der Waals surface area (Å²) >= 11 is 5.74. The molecule has 18 heavy (non-hydrogen) atoms. The zero-order valence-electron chi connectivity index (χ0n) is 10.4. The van der Waals surface area contributed by atoms with Gasteiger partial charge in [0.2, 0.25) is 5.28 Å². The van der Waals surface area contributed by atoms with Crippen molar-refractivity contribution in [1.29, 1.82) is 0 Å². The third-order valence-corrected chi connectivity index (χ3v) is 1.95. The Kier molecular flexibility index (Phi) is 8.47. The minimum atomic E-state index is 0. The molecule has 2 aromatic rings. The van der Waals surface area contributed by atoms with Crippen LogP contribution in [0.2, 0.25) is 5.28 Å². The largest absolute Gasteiger partial charge is 2.00 e. The second-order valence-electron chi connectivity index (χ2n) is 2.75. The van der Waals surface area contributed by atoms with Crippen LogP contribution < -0.4 is 4.74 Å². The van der Waals surface area contributed by atoms with Gasteiger partial charge in [0.1, 0.15) is 5.88 Å². The van der Waals surface area contributed by atoms with Gasteiger partial charge in [0.15, 0.2) is 0 Å². The number of ether oxygens (including phenoxy) is 1. The van der Waals surface area contributed by atoms with E-state index in [1.165, 1.54) is 7.11 Å². The number of aromatic nitrogens is 2. The molecule has 5 heteroatoms. The Morgan fingerprint density at radius 3 is 2.50 bits per heavy atom. The molecule has 0 atom stereocenters. The van der Waals surface area contributed by atoms with Crippen molar-refractivity contribution in [2.75, 3.05) is 7.11 Å². The predicted octanol–water partition coefficient (Wildman–Crippen LogP) is 3.43. The van der Waals surface area contributed by atoms with Crippen LogP contribution in [0.1, 0.15) is 13.8 Å². The third-order valence-electron chi connectivity index (χ3n) is 1.78. The maximum atomic E-state index is 5.74. The summed E-state index contributed by atoms with van der Waals surface area (Å²) in [5.41, 5.74) is 1.38. The first-order chi connectivity index (χ1) is 8.29. The van der Waals surface area contributed by atoms with Gasteiger partial charge in [-0.2, -0.15) is 17.8 Å². The van der Waals surface area contributed by atoms with E-state index in [1.54, 1.807) is 6.07 Å². The van der Waals surface area contributed by atoms with Crippen molar-refractivity contribution >= 4 is 11.6 Å². The van der Waals surface area contributed by atoms with E-state index in [-0.39, 0.29) is 23.8 Å². The monoisotopic (exact) mass is 299 g/mol. The zero-order chi connectivity index (χ0) is 12.7. The summed E-state index contributed by atoms with van der Waals surface area (Å²) in [5, 5.41) is 0.137. The van der Waals surface area contributed by atoms with Crippen molar-refractivity contribution < 1.29 is 23.3 Å². The first kappa shape index (κ1) is 17.0. The molecular formula is C13H13ClN2OV. The molecule has 0 aliphatic carbocycles. The number of benzene rings is 1. The molecule has 0 N–H and O–H groups in total. The number of hydrogen-bond acceptors (Lipinski definition) is 3. The Morgan fingerprint density at radius 2 is 1.94 bits per heavy atom. The summed E-state index contributed by atoms with van der Waals surface area (Å²) in [6.07, 6.45) is 0. The summed E-state index contributed by atoms with van der Waals surface area (Å²) in [6, 6.07) is 13.4.